The Labute approximate surface area is 94.9 Å². The first-order chi connectivity index (χ1) is 7.40. The van der Waals surface area contributed by atoms with Crippen LogP contribution in [-0.4, -0.2) is 18.0 Å². The molecule has 0 fully saturated rings. The highest BCUT2D eigenvalue weighted by Gasteiger charge is 2.19. The molecule has 2 atom stereocenters. The molecule has 0 aromatic rings. The Balaban J connectivity index is 0.000000160. The van der Waals surface area contributed by atoms with Gasteiger partial charge in [-0.1, -0.05) is 0 Å². The molecule has 2 heterocycles. The molecule has 16 heavy (non-hydrogen) atoms. The van der Waals surface area contributed by atoms with E-state index in [0.29, 0.717) is 0 Å². The van der Waals surface area contributed by atoms with Gasteiger partial charge >= 0.3 is 11.9 Å². The van der Waals surface area contributed by atoms with Crippen LogP contribution < -0.4 is 0 Å². The predicted octanol–water partition coefficient (Wildman–Crippen LogP) is 1.96. The van der Waals surface area contributed by atoms with Gasteiger partial charge in [-0.2, -0.15) is 0 Å². The second-order valence-corrected chi connectivity index (χ2v) is 3.95. The van der Waals surface area contributed by atoms with Crippen LogP contribution in [0, 0.1) is 5.92 Å². The monoisotopic (exact) mass is 224 g/mol. The molecule has 0 aliphatic carbocycles. The van der Waals surface area contributed by atoms with Gasteiger partial charge in [0.25, 0.3) is 0 Å². The Hall–Kier alpha value is -1.58. The molecular formula is C12H16O4. The third kappa shape index (κ3) is 3.22. The third-order valence-corrected chi connectivity index (χ3v) is 2.22. The zero-order chi connectivity index (χ0) is 12.3. The molecular weight excluding hydrogens is 208 g/mol. The van der Waals surface area contributed by atoms with Crippen molar-refractivity contribution in [1.29, 1.82) is 0 Å². The number of allylic oxidation sites excluding steroid dienone is 1. The molecule has 0 aromatic heterocycles. The highest BCUT2D eigenvalue weighted by Crippen LogP contribution is 2.15. The maximum absolute atomic E-state index is 10.5. The molecule has 0 radical (unpaired) electrons. The van der Waals surface area contributed by atoms with E-state index in [9.17, 15) is 9.59 Å². The van der Waals surface area contributed by atoms with Crippen molar-refractivity contribution in [1.82, 2.24) is 0 Å². The number of hydrogen-bond acceptors (Lipinski definition) is 4. The molecule has 2 aliphatic heterocycles. The summed E-state index contributed by atoms with van der Waals surface area (Å²) in [6.45, 7) is 7.19. The van der Waals surface area contributed by atoms with E-state index in [-0.39, 0.29) is 24.0 Å². The van der Waals surface area contributed by atoms with Crippen molar-refractivity contribution in [2.45, 2.75) is 33.8 Å². The largest absolute Gasteiger partial charge is 0.455 e. The van der Waals surface area contributed by atoms with E-state index in [2.05, 4.69) is 0 Å². The van der Waals surface area contributed by atoms with Crippen LogP contribution in [0.1, 0.15) is 27.7 Å². The first-order valence-electron chi connectivity index (χ1n) is 5.19. The Morgan fingerprint density at radius 2 is 1.75 bits per heavy atom. The quantitative estimate of drug-likeness (QED) is 0.590. The number of ether oxygens (including phenoxy) is 2. The first kappa shape index (κ1) is 12.5. The van der Waals surface area contributed by atoms with Crippen LogP contribution in [0.4, 0.5) is 0 Å². The Morgan fingerprint density at radius 1 is 1.12 bits per heavy atom. The lowest BCUT2D eigenvalue weighted by Crippen LogP contribution is -2.02. The van der Waals surface area contributed by atoms with E-state index in [0.717, 1.165) is 11.3 Å². The van der Waals surface area contributed by atoms with Gasteiger partial charge in [-0.25, -0.2) is 4.79 Å². The average Bonchev–Trinajstić information content (AvgIpc) is 2.58. The average molecular weight is 224 g/mol. The second kappa shape index (κ2) is 4.96. The number of rotatable bonds is 0. The van der Waals surface area contributed by atoms with E-state index >= 15 is 0 Å². The van der Waals surface area contributed by atoms with Gasteiger partial charge in [0.1, 0.15) is 11.9 Å². The molecule has 0 N–H and O–H groups in total. The van der Waals surface area contributed by atoms with E-state index < -0.39 is 0 Å². The van der Waals surface area contributed by atoms with Crippen LogP contribution in [0.15, 0.2) is 23.5 Å². The summed E-state index contributed by atoms with van der Waals surface area (Å²) < 4.78 is 9.44. The summed E-state index contributed by atoms with van der Waals surface area (Å²) in [5.74, 6) is 0.373. The smallest absolute Gasteiger partial charge is 0.334 e. The minimum absolute atomic E-state index is 0.0116. The van der Waals surface area contributed by atoms with Crippen molar-refractivity contribution in [3.63, 3.8) is 0 Å². The van der Waals surface area contributed by atoms with Crippen molar-refractivity contribution < 1.29 is 19.1 Å². The van der Waals surface area contributed by atoms with Crippen molar-refractivity contribution >= 4 is 11.9 Å². The lowest BCUT2D eigenvalue weighted by molar-refractivity contribution is -0.140. The van der Waals surface area contributed by atoms with Gasteiger partial charge in [-0.05, 0) is 39.8 Å². The van der Waals surface area contributed by atoms with Gasteiger partial charge in [0.05, 0.1) is 5.92 Å². The molecule has 2 aliphatic rings. The highest BCUT2D eigenvalue weighted by molar-refractivity contribution is 5.90. The summed E-state index contributed by atoms with van der Waals surface area (Å²) in [6.07, 6.45) is 3.60. The van der Waals surface area contributed by atoms with Crippen molar-refractivity contribution in [3.8, 4) is 0 Å². The summed E-state index contributed by atoms with van der Waals surface area (Å²) in [5, 5.41) is 0. The van der Waals surface area contributed by atoms with Crippen LogP contribution in [0.5, 0.6) is 0 Å². The van der Waals surface area contributed by atoms with Gasteiger partial charge in [-0.15, -0.1) is 0 Å². The Kier molecular flexibility index (Phi) is 3.88. The number of carbonyl (C=O) groups is 2. The van der Waals surface area contributed by atoms with Gasteiger partial charge in [-0.3, -0.25) is 4.79 Å². The van der Waals surface area contributed by atoms with E-state index in [1.165, 1.54) is 0 Å². The second-order valence-electron chi connectivity index (χ2n) is 3.95. The van der Waals surface area contributed by atoms with Crippen LogP contribution in [-0.2, 0) is 19.1 Å². The molecule has 0 spiro atoms. The predicted molar refractivity (Wildman–Crippen MR) is 58.3 cm³/mol. The van der Waals surface area contributed by atoms with E-state index in [4.69, 9.17) is 9.47 Å². The first-order valence-corrected chi connectivity index (χ1v) is 5.19. The van der Waals surface area contributed by atoms with Crippen LogP contribution in [0.25, 0.3) is 0 Å². The van der Waals surface area contributed by atoms with Crippen LogP contribution in [0.3, 0.4) is 0 Å². The van der Waals surface area contributed by atoms with Crippen molar-refractivity contribution in [2.75, 3.05) is 0 Å². The highest BCUT2D eigenvalue weighted by atomic mass is 16.5. The van der Waals surface area contributed by atoms with Crippen molar-refractivity contribution in [3.05, 3.63) is 23.5 Å². The molecule has 0 bridgehead atoms. The SMILES string of the molecule is CC1=CC(C)C(=O)O1.CC1=CC(C)OC1=O. The summed E-state index contributed by atoms with van der Waals surface area (Å²) >= 11 is 0. The molecule has 0 amide bonds. The normalized spacial score (nSPS) is 27.5. The van der Waals surface area contributed by atoms with Gasteiger partial charge in [0.2, 0.25) is 0 Å². The minimum Gasteiger partial charge on any atom is -0.455 e. The molecule has 2 unspecified atom stereocenters. The number of carbonyl (C=O) groups excluding carboxylic acids is 2. The standard InChI is InChI=1S/2C6H8O2/c2*1-4-3-5(2)8-6(4)7/h3,5H,1-2H3;3-4H,1-2H3. The maximum atomic E-state index is 10.5. The molecule has 4 nitrogen and oxygen atoms in total. The molecule has 0 saturated carbocycles. The fourth-order valence-corrected chi connectivity index (χ4v) is 1.42. The molecule has 2 rings (SSSR count). The van der Waals surface area contributed by atoms with Gasteiger partial charge < -0.3 is 9.47 Å². The zero-order valence-corrected chi connectivity index (χ0v) is 9.94. The number of hydrogen-bond donors (Lipinski definition) is 0. The Bertz CT molecular complexity index is 365. The maximum Gasteiger partial charge on any atom is 0.334 e. The van der Waals surface area contributed by atoms with Crippen LogP contribution >= 0.6 is 0 Å². The fraction of sp³-hybridized carbons (Fsp3) is 0.500. The topological polar surface area (TPSA) is 52.6 Å². The Morgan fingerprint density at radius 3 is 1.88 bits per heavy atom. The lowest BCUT2D eigenvalue weighted by atomic mass is 10.2. The molecule has 0 saturated heterocycles. The van der Waals surface area contributed by atoms with Gasteiger partial charge in [0.15, 0.2) is 0 Å². The zero-order valence-electron chi connectivity index (χ0n) is 9.94. The number of esters is 2. The summed E-state index contributed by atoms with van der Waals surface area (Å²) in [5.41, 5.74) is 0.720. The summed E-state index contributed by atoms with van der Waals surface area (Å²) in [7, 11) is 0. The fourth-order valence-electron chi connectivity index (χ4n) is 1.42. The lowest BCUT2D eigenvalue weighted by Gasteiger charge is -1.96. The van der Waals surface area contributed by atoms with Crippen molar-refractivity contribution in [2.24, 2.45) is 5.92 Å². The van der Waals surface area contributed by atoms with Crippen LogP contribution in [0.2, 0.25) is 0 Å². The minimum atomic E-state index is -0.183. The summed E-state index contributed by atoms with van der Waals surface area (Å²) in [6, 6.07) is 0. The number of cyclic esters (lactones) is 2. The molecule has 4 heteroatoms. The van der Waals surface area contributed by atoms with E-state index in [1.54, 1.807) is 13.8 Å². The molecule has 88 valence electrons. The third-order valence-electron chi connectivity index (χ3n) is 2.22. The van der Waals surface area contributed by atoms with Gasteiger partial charge in [0, 0.05) is 5.57 Å². The molecule has 0 aromatic carbocycles. The summed E-state index contributed by atoms with van der Waals surface area (Å²) in [4.78, 5) is 21.0. The van der Waals surface area contributed by atoms with E-state index in [1.807, 2.05) is 26.0 Å².